The molecule has 2 rings (SSSR count). The quantitative estimate of drug-likeness (QED) is 0.848. The van der Waals surface area contributed by atoms with Crippen molar-refractivity contribution in [3.63, 3.8) is 0 Å². The molecule has 0 saturated carbocycles. The molecular formula is C16H22N2OS. The number of carbonyl (C=O) groups is 1. The molecule has 1 aromatic carbocycles. The summed E-state index contributed by atoms with van der Waals surface area (Å²) in [5.41, 5.74) is 2.06. The summed E-state index contributed by atoms with van der Waals surface area (Å²) < 4.78 is 0. The summed E-state index contributed by atoms with van der Waals surface area (Å²) in [5.74, 6) is 0.0920. The van der Waals surface area contributed by atoms with Crippen molar-refractivity contribution in [2.45, 2.75) is 39.4 Å². The van der Waals surface area contributed by atoms with Gasteiger partial charge in [-0.15, -0.1) is 0 Å². The minimum Gasteiger partial charge on any atom is -0.335 e. The van der Waals surface area contributed by atoms with Gasteiger partial charge in [0.25, 0.3) is 0 Å². The van der Waals surface area contributed by atoms with Gasteiger partial charge in [0.2, 0.25) is 0 Å². The second-order valence-corrected chi connectivity index (χ2v) is 7.70. The van der Waals surface area contributed by atoms with Gasteiger partial charge in [-0.3, -0.25) is 9.79 Å². The molecule has 1 aliphatic rings. The van der Waals surface area contributed by atoms with Gasteiger partial charge < -0.3 is 5.32 Å². The monoisotopic (exact) mass is 290 g/mol. The maximum Gasteiger partial charge on any atom is 0.161 e. The molecule has 108 valence electrons. The lowest BCUT2D eigenvalue weighted by Gasteiger charge is -2.21. The first-order valence-corrected chi connectivity index (χ1v) is 7.80. The Kier molecular flexibility index (Phi) is 4.53. The second kappa shape index (κ2) is 6.00. The predicted octanol–water partition coefficient (Wildman–Crippen LogP) is 4.21. The fourth-order valence-corrected chi connectivity index (χ4v) is 3.56. The van der Waals surface area contributed by atoms with E-state index in [2.05, 4.69) is 31.1 Å². The number of hydrogen-bond donors (Lipinski definition) is 1. The van der Waals surface area contributed by atoms with E-state index in [4.69, 9.17) is 0 Å². The van der Waals surface area contributed by atoms with E-state index in [-0.39, 0.29) is 5.78 Å². The normalized spacial score (nSPS) is 18.8. The number of nitrogens with zero attached hydrogens (tertiary/aromatic N) is 1. The fraction of sp³-hybridized carbons (Fsp3) is 0.500. The third kappa shape index (κ3) is 4.37. The van der Waals surface area contributed by atoms with Crippen molar-refractivity contribution in [2.75, 3.05) is 11.9 Å². The van der Waals surface area contributed by atoms with Crippen LogP contribution in [0.25, 0.3) is 0 Å². The number of amidine groups is 1. The molecule has 1 heterocycles. The summed E-state index contributed by atoms with van der Waals surface area (Å²) in [6, 6.07) is 7.54. The number of thioether (sulfide) groups is 1. The molecule has 1 N–H and O–H groups in total. The van der Waals surface area contributed by atoms with Crippen LogP contribution in [-0.4, -0.2) is 22.7 Å². The van der Waals surface area contributed by atoms with E-state index in [1.165, 1.54) is 0 Å². The molecule has 0 saturated heterocycles. The van der Waals surface area contributed by atoms with E-state index in [0.29, 0.717) is 10.7 Å². The van der Waals surface area contributed by atoms with Gasteiger partial charge in [-0.2, -0.15) is 0 Å². The molecule has 0 amide bonds. The highest BCUT2D eigenvalue weighted by molar-refractivity contribution is 8.15. The van der Waals surface area contributed by atoms with E-state index in [9.17, 15) is 4.79 Å². The van der Waals surface area contributed by atoms with Crippen molar-refractivity contribution in [3.05, 3.63) is 29.8 Å². The van der Waals surface area contributed by atoms with Gasteiger partial charge in [0.15, 0.2) is 11.0 Å². The molecule has 0 bridgehead atoms. The Bertz CT molecular complexity index is 514. The van der Waals surface area contributed by atoms with Gasteiger partial charge in [-0.05, 0) is 43.0 Å². The molecule has 20 heavy (non-hydrogen) atoms. The van der Waals surface area contributed by atoms with Crippen LogP contribution in [-0.2, 0) is 0 Å². The third-order valence-electron chi connectivity index (χ3n) is 3.10. The number of nitrogens with one attached hydrogen (secondary N) is 1. The fourth-order valence-electron chi connectivity index (χ4n) is 2.19. The molecule has 3 nitrogen and oxygen atoms in total. The number of benzene rings is 1. The first kappa shape index (κ1) is 15.1. The summed E-state index contributed by atoms with van der Waals surface area (Å²) in [6.45, 7) is 9.25. The van der Waals surface area contributed by atoms with E-state index in [0.717, 1.165) is 29.4 Å². The Morgan fingerprint density at radius 1 is 1.35 bits per heavy atom. The average molecular weight is 290 g/mol. The van der Waals surface area contributed by atoms with Crippen molar-refractivity contribution in [1.29, 1.82) is 0 Å². The first-order chi connectivity index (χ1) is 9.33. The predicted molar refractivity (Wildman–Crippen MR) is 87.8 cm³/mol. The van der Waals surface area contributed by atoms with Crippen LogP contribution in [0.15, 0.2) is 29.3 Å². The van der Waals surface area contributed by atoms with Crippen LogP contribution in [0.3, 0.4) is 0 Å². The largest absolute Gasteiger partial charge is 0.335 e. The molecule has 1 unspecified atom stereocenters. The number of anilines is 1. The van der Waals surface area contributed by atoms with Crippen LogP contribution in [0, 0.1) is 5.41 Å². The smallest absolute Gasteiger partial charge is 0.161 e. The van der Waals surface area contributed by atoms with Crippen molar-refractivity contribution in [3.8, 4) is 0 Å². The molecule has 1 aliphatic heterocycles. The number of aliphatic imine (C=N–C) groups is 1. The zero-order valence-corrected chi connectivity index (χ0v) is 13.4. The molecule has 0 aliphatic carbocycles. The Hall–Kier alpha value is -1.29. The lowest BCUT2D eigenvalue weighted by molar-refractivity contribution is 0.101. The molecule has 0 spiro atoms. The van der Waals surface area contributed by atoms with Crippen molar-refractivity contribution in [2.24, 2.45) is 10.4 Å². The van der Waals surface area contributed by atoms with Gasteiger partial charge >= 0.3 is 0 Å². The lowest BCUT2D eigenvalue weighted by Crippen LogP contribution is -2.16. The summed E-state index contributed by atoms with van der Waals surface area (Å²) in [7, 11) is 0. The van der Waals surface area contributed by atoms with Gasteiger partial charge in [0, 0.05) is 16.5 Å². The highest BCUT2D eigenvalue weighted by atomic mass is 32.2. The van der Waals surface area contributed by atoms with Crippen molar-refractivity contribution in [1.82, 2.24) is 0 Å². The standard InChI is InChI=1S/C16H22N2OS/c1-11(19)12-5-7-13(8-6-12)18-15-17-10-14(20-15)9-16(2,3)4/h5-8,14H,9-10H2,1-4H3,(H,17,18). The second-order valence-electron chi connectivity index (χ2n) is 6.41. The van der Waals surface area contributed by atoms with Gasteiger partial charge in [-0.1, -0.05) is 32.5 Å². The summed E-state index contributed by atoms with van der Waals surface area (Å²) >= 11 is 1.81. The van der Waals surface area contributed by atoms with Gasteiger partial charge in [0.05, 0.1) is 6.54 Å². The van der Waals surface area contributed by atoms with Crippen molar-refractivity contribution >= 4 is 28.4 Å². The lowest BCUT2D eigenvalue weighted by atomic mass is 9.90. The summed E-state index contributed by atoms with van der Waals surface area (Å²) in [5, 5.41) is 4.87. The van der Waals surface area contributed by atoms with Crippen LogP contribution in [0.5, 0.6) is 0 Å². The summed E-state index contributed by atoms with van der Waals surface area (Å²) in [4.78, 5) is 15.8. The number of rotatable bonds is 3. The SMILES string of the molecule is CC(=O)c1ccc(NC2=NCC(CC(C)(C)C)S2)cc1. The van der Waals surface area contributed by atoms with E-state index in [1.807, 2.05) is 36.0 Å². The Morgan fingerprint density at radius 2 is 2.00 bits per heavy atom. The third-order valence-corrected chi connectivity index (χ3v) is 4.20. The van der Waals surface area contributed by atoms with E-state index in [1.54, 1.807) is 6.92 Å². The molecule has 0 fully saturated rings. The molecule has 4 heteroatoms. The average Bonchev–Trinajstić information content (AvgIpc) is 2.74. The topological polar surface area (TPSA) is 41.5 Å². The van der Waals surface area contributed by atoms with E-state index >= 15 is 0 Å². The van der Waals surface area contributed by atoms with Crippen LogP contribution >= 0.6 is 11.8 Å². The maximum absolute atomic E-state index is 11.2. The Labute approximate surface area is 125 Å². The number of carbonyl (C=O) groups excluding carboxylic acids is 1. The number of Topliss-reactive ketones (excluding diaryl/α,β-unsaturated/α-hetero) is 1. The van der Waals surface area contributed by atoms with E-state index < -0.39 is 0 Å². The summed E-state index contributed by atoms with van der Waals surface area (Å²) in [6.07, 6.45) is 1.16. The minimum atomic E-state index is 0.0920. The highest BCUT2D eigenvalue weighted by Gasteiger charge is 2.24. The van der Waals surface area contributed by atoms with Gasteiger partial charge in [0.1, 0.15) is 0 Å². The zero-order valence-electron chi connectivity index (χ0n) is 12.6. The highest BCUT2D eigenvalue weighted by Crippen LogP contribution is 2.32. The van der Waals surface area contributed by atoms with Crippen LogP contribution in [0.1, 0.15) is 44.5 Å². The first-order valence-electron chi connectivity index (χ1n) is 6.93. The molecular weight excluding hydrogens is 268 g/mol. The minimum absolute atomic E-state index is 0.0920. The van der Waals surface area contributed by atoms with Crippen LogP contribution < -0.4 is 5.32 Å². The Balaban J connectivity index is 1.90. The zero-order chi connectivity index (χ0) is 14.8. The molecule has 1 aromatic rings. The molecule has 1 atom stereocenters. The van der Waals surface area contributed by atoms with Gasteiger partial charge in [-0.25, -0.2) is 0 Å². The van der Waals surface area contributed by atoms with Crippen LogP contribution in [0.2, 0.25) is 0 Å². The number of ketones is 1. The van der Waals surface area contributed by atoms with Crippen LogP contribution in [0.4, 0.5) is 5.69 Å². The Morgan fingerprint density at radius 3 is 2.55 bits per heavy atom. The molecule has 0 aromatic heterocycles. The molecule has 0 radical (unpaired) electrons. The number of hydrogen-bond acceptors (Lipinski definition) is 4. The maximum atomic E-state index is 11.2. The van der Waals surface area contributed by atoms with Crippen molar-refractivity contribution < 1.29 is 4.79 Å².